The Kier molecular flexibility index (Phi) is 3.22. The third-order valence-electron chi connectivity index (χ3n) is 3.11. The van der Waals surface area contributed by atoms with E-state index in [-0.39, 0.29) is 11.7 Å². The summed E-state index contributed by atoms with van der Waals surface area (Å²) in [7, 11) is 0. The van der Waals surface area contributed by atoms with Gasteiger partial charge in [0, 0.05) is 21.3 Å². The van der Waals surface area contributed by atoms with Crippen LogP contribution in [0, 0.1) is 0 Å². The lowest BCUT2D eigenvalue weighted by Crippen LogP contribution is -2.16. The van der Waals surface area contributed by atoms with Crippen LogP contribution in [0.25, 0.3) is 0 Å². The lowest BCUT2D eigenvalue weighted by atomic mass is 9.95. The predicted molar refractivity (Wildman–Crippen MR) is 75.4 cm³/mol. The first kappa shape index (κ1) is 11.9. The molecule has 1 aromatic heterocycles. The quantitative estimate of drug-likeness (QED) is 0.859. The summed E-state index contributed by atoms with van der Waals surface area (Å²) in [4.78, 5) is 13.4. The summed E-state index contributed by atoms with van der Waals surface area (Å²) in [5.41, 5.74) is 1.02. The van der Waals surface area contributed by atoms with Gasteiger partial charge in [-0.05, 0) is 33.4 Å². The first-order valence-corrected chi connectivity index (χ1v) is 7.39. The highest BCUT2D eigenvalue weighted by atomic mass is 79.9. The highest BCUT2D eigenvalue weighted by Crippen LogP contribution is 2.35. The maximum atomic E-state index is 12.3. The molecule has 1 aromatic carbocycles. The van der Waals surface area contributed by atoms with Crippen LogP contribution < -0.4 is 4.74 Å². The molecule has 4 heteroatoms. The summed E-state index contributed by atoms with van der Waals surface area (Å²) in [6, 6.07) is 9.76. The van der Waals surface area contributed by atoms with Gasteiger partial charge in [0.2, 0.25) is 0 Å². The number of rotatable bonds is 3. The molecule has 2 heterocycles. The molecule has 0 saturated carbocycles. The molecule has 2 nitrogen and oxygen atoms in total. The van der Waals surface area contributed by atoms with Crippen molar-refractivity contribution < 1.29 is 9.53 Å². The van der Waals surface area contributed by atoms with Gasteiger partial charge in [-0.15, -0.1) is 11.3 Å². The Hall–Kier alpha value is -1.13. The molecule has 0 spiro atoms. The SMILES string of the molecule is O=C(Cc1sccc1Br)C1COc2ccccc21. The van der Waals surface area contributed by atoms with Gasteiger partial charge < -0.3 is 4.74 Å². The van der Waals surface area contributed by atoms with Crippen molar-refractivity contribution in [3.63, 3.8) is 0 Å². The molecule has 1 unspecified atom stereocenters. The van der Waals surface area contributed by atoms with Gasteiger partial charge in [0.1, 0.15) is 18.1 Å². The molecule has 92 valence electrons. The van der Waals surface area contributed by atoms with Crippen LogP contribution in [-0.4, -0.2) is 12.4 Å². The molecule has 18 heavy (non-hydrogen) atoms. The normalized spacial score (nSPS) is 17.3. The molecule has 0 N–H and O–H groups in total. The summed E-state index contributed by atoms with van der Waals surface area (Å²) >= 11 is 5.07. The molecule has 0 fully saturated rings. The van der Waals surface area contributed by atoms with E-state index in [4.69, 9.17) is 4.74 Å². The Morgan fingerprint density at radius 1 is 1.39 bits per heavy atom. The number of carbonyl (C=O) groups is 1. The molecule has 0 saturated heterocycles. The summed E-state index contributed by atoms with van der Waals surface area (Å²) in [6.07, 6.45) is 0.473. The van der Waals surface area contributed by atoms with E-state index in [0.717, 1.165) is 20.7 Å². The molecule has 2 aromatic rings. The zero-order chi connectivity index (χ0) is 12.5. The topological polar surface area (TPSA) is 26.3 Å². The van der Waals surface area contributed by atoms with E-state index >= 15 is 0 Å². The molecular weight excluding hydrogens is 312 g/mol. The summed E-state index contributed by atoms with van der Waals surface area (Å²) in [5, 5.41) is 1.99. The van der Waals surface area contributed by atoms with Crippen LogP contribution in [0.3, 0.4) is 0 Å². The number of halogens is 1. The largest absolute Gasteiger partial charge is 0.492 e. The number of ether oxygens (including phenoxy) is 1. The smallest absolute Gasteiger partial charge is 0.149 e. The number of hydrogen-bond donors (Lipinski definition) is 0. The summed E-state index contributed by atoms with van der Waals surface area (Å²) in [6.45, 7) is 0.473. The second kappa shape index (κ2) is 4.86. The number of thiophene rings is 1. The molecule has 1 aliphatic rings. The number of para-hydroxylation sites is 1. The third kappa shape index (κ3) is 2.10. The second-order valence-corrected chi connectivity index (χ2v) is 6.09. The molecule has 1 atom stereocenters. The van der Waals surface area contributed by atoms with Gasteiger partial charge in [0.05, 0.1) is 5.92 Å². The average molecular weight is 323 g/mol. The highest BCUT2D eigenvalue weighted by molar-refractivity contribution is 9.10. The van der Waals surface area contributed by atoms with E-state index in [2.05, 4.69) is 15.9 Å². The van der Waals surface area contributed by atoms with Crippen molar-refractivity contribution in [2.24, 2.45) is 0 Å². The third-order valence-corrected chi connectivity index (χ3v) is 5.04. The molecule has 0 amide bonds. The van der Waals surface area contributed by atoms with Crippen molar-refractivity contribution in [2.45, 2.75) is 12.3 Å². The zero-order valence-corrected chi connectivity index (χ0v) is 12.0. The van der Waals surface area contributed by atoms with E-state index in [1.165, 1.54) is 0 Å². The van der Waals surface area contributed by atoms with Crippen LogP contribution >= 0.6 is 27.3 Å². The van der Waals surface area contributed by atoms with E-state index in [1.807, 2.05) is 35.7 Å². The fourth-order valence-electron chi connectivity index (χ4n) is 2.16. The Balaban J connectivity index is 1.81. The number of carbonyl (C=O) groups excluding carboxylic acids is 1. The van der Waals surface area contributed by atoms with Gasteiger partial charge >= 0.3 is 0 Å². The first-order valence-electron chi connectivity index (χ1n) is 5.72. The van der Waals surface area contributed by atoms with Crippen molar-refractivity contribution in [1.82, 2.24) is 0 Å². The van der Waals surface area contributed by atoms with Crippen molar-refractivity contribution in [1.29, 1.82) is 0 Å². The van der Waals surface area contributed by atoms with Crippen LogP contribution in [0.15, 0.2) is 40.2 Å². The van der Waals surface area contributed by atoms with Gasteiger partial charge in [0.25, 0.3) is 0 Å². The van der Waals surface area contributed by atoms with Gasteiger partial charge in [-0.25, -0.2) is 0 Å². The minimum absolute atomic E-state index is 0.116. The monoisotopic (exact) mass is 322 g/mol. The average Bonchev–Trinajstić information content (AvgIpc) is 2.96. The molecule has 0 aliphatic carbocycles. The van der Waals surface area contributed by atoms with E-state index in [0.29, 0.717) is 13.0 Å². The van der Waals surface area contributed by atoms with Gasteiger partial charge in [0.15, 0.2) is 0 Å². The molecule has 0 bridgehead atoms. The van der Waals surface area contributed by atoms with E-state index in [9.17, 15) is 4.79 Å². The van der Waals surface area contributed by atoms with Gasteiger partial charge in [-0.3, -0.25) is 4.79 Å². The van der Waals surface area contributed by atoms with Crippen LogP contribution in [0.4, 0.5) is 0 Å². The molecule has 1 aliphatic heterocycles. The van der Waals surface area contributed by atoms with Crippen molar-refractivity contribution in [2.75, 3.05) is 6.61 Å². The van der Waals surface area contributed by atoms with Gasteiger partial charge in [-0.1, -0.05) is 18.2 Å². The van der Waals surface area contributed by atoms with Crippen LogP contribution in [0.2, 0.25) is 0 Å². The van der Waals surface area contributed by atoms with E-state index in [1.54, 1.807) is 11.3 Å². The fraction of sp³-hybridized carbons (Fsp3) is 0.214. The lowest BCUT2D eigenvalue weighted by Gasteiger charge is -2.07. The highest BCUT2D eigenvalue weighted by Gasteiger charge is 2.30. The van der Waals surface area contributed by atoms with Crippen LogP contribution in [0.1, 0.15) is 16.4 Å². The number of benzene rings is 1. The number of fused-ring (bicyclic) bond motifs is 1. The molecular formula is C14H11BrO2S. The predicted octanol–water partition coefficient (Wildman–Crippen LogP) is 3.80. The fourth-order valence-corrected chi connectivity index (χ4v) is 3.66. The lowest BCUT2D eigenvalue weighted by molar-refractivity contribution is -0.120. The minimum atomic E-state index is -0.116. The number of hydrogen-bond acceptors (Lipinski definition) is 3. The molecule has 3 rings (SSSR count). The van der Waals surface area contributed by atoms with Gasteiger partial charge in [-0.2, -0.15) is 0 Å². The molecule has 0 radical (unpaired) electrons. The number of ketones is 1. The van der Waals surface area contributed by atoms with E-state index < -0.39 is 0 Å². The van der Waals surface area contributed by atoms with Crippen molar-refractivity contribution >= 4 is 33.0 Å². The van der Waals surface area contributed by atoms with Crippen molar-refractivity contribution in [3.05, 3.63) is 50.6 Å². The summed E-state index contributed by atoms with van der Waals surface area (Å²) < 4.78 is 6.57. The van der Waals surface area contributed by atoms with Crippen LogP contribution in [0.5, 0.6) is 5.75 Å². The minimum Gasteiger partial charge on any atom is -0.492 e. The summed E-state index contributed by atoms with van der Waals surface area (Å²) in [5.74, 6) is 0.958. The Bertz CT molecular complexity index is 591. The Morgan fingerprint density at radius 3 is 3.00 bits per heavy atom. The van der Waals surface area contributed by atoms with Crippen LogP contribution in [-0.2, 0) is 11.2 Å². The number of Topliss-reactive ketones (excluding diaryl/α,β-unsaturated/α-hetero) is 1. The maximum Gasteiger partial charge on any atom is 0.149 e. The standard InChI is InChI=1S/C14H11BrO2S/c15-11-5-6-18-14(11)7-12(16)10-8-17-13-4-2-1-3-9(10)13/h1-6,10H,7-8H2. The first-order chi connectivity index (χ1) is 8.75. The zero-order valence-electron chi connectivity index (χ0n) is 9.56. The van der Waals surface area contributed by atoms with Crippen molar-refractivity contribution in [3.8, 4) is 5.75 Å². The second-order valence-electron chi connectivity index (χ2n) is 4.24. The Labute approximate surface area is 118 Å². The Morgan fingerprint density at radius 2 is 2.22 bits per heavy atom. The maximum absolute atomic E-state index is 12.3.